The van der Waals surface area contributed by atoms with Crippen molar-refractivity contribution in [1.29, 1.82) is 0 Å². The highest BCUT2D eigenvalue weighted by Gasteiger charge is 2.43. The molecular formula is C24H22ClF4NO5. The van der Waals surface area contributed by atoms with Crippen LogP contribution in [0.4, 0.5) is 17.6 Å². The summed E-state index contributed by atoms with van der Waals surface area (Å²) < 4.78 is 62.6. The van der Waals surface area contributed by atoms with Crippen molar-refractivity contribution in [2.75, 3.05) is 19.6 Å². The molecule has 35 heavy (non-hydrogen) atoms. The normalized spacial score (nSPS) is 18.3. The lowest BCUT2D eigenvalue weighted by atomic mass is 9.83. The van der Waals surface area contributed by atoms with Crippen molar-refractivity contribution in [3.63, 3.8) is 0 Å². The van der Waals surface area contributed by atoms with E-state index in [2.05, 4.69) is 4.74 Å². The molecule has 0 amide bonds. The summed E-state index contributed by atoms with van der Waals surface area (Å²) in [6, 6.07) is 9.84. The minimum atomic E-state index is -5.31. The summed E-state index contributed by atoms with van der Waals surface area (Å²) in [6.07, 6.45) is -4.38. The van der Waals surface area contributed by atoms with E-state index in [-0.39, 0.29) is 17.1 Å². The second-order valence-electron chi connectivity index (χ2n) is 8.71. The first-order chi connectivity index (χ1) is 16.5. The Balaban J connectivity index is 1.45. The number of hydrogen-bond acceptors (Lipinski definition) is 5. The molecule has 11 heteroatoms. The van der Waals surface area contributed by atoms with Gasteiger partial charge >= 0.3 is 18.1 Å². The Morgan fingerprint density at radius 3 is 2.51 bits per heavy atom. The Bertz CT molecular complexity index is 1130. The van der Waals surface area contributed by atoms with Gasteiger partial charge in [-0.1, -0.05) is 35.9 Å². The van der Waals surface area contributed by atoms with Crippen molar-refractivity contribution in [2.24, 2.45) is 5.92 Å². The predicted molar refractivity (Wildman–Crippen MR) is 117 cm³/mol. The Hall–Kier alpha value is -2.69. The van der Waals surface area contributed by atoms with Crippen LogP contribution in [-0.2, 0) is 33.0 Å². The molecule has 0 saturated carbocycles. The number of piperidine rings is 1. The molecule has 4 rings (SSSR count). The third kappa shape index (κ3) is 5.29. The number of nitrogens with zero attached hydrogens (tertiary/aromatic N) is 1. The van der Waals surface area contributed by atoms with Crippen LogP contribution in [0.5, 0.6) is 5.75 Å². The molecule has 0 aromatic heterocycles. The second-order valence-corrected chi connectivity index (χ2v) is 9.11. The number of carbonyl (C=O) groups excluding carboxylic acids is 1. The molecular weight excluding hydrogens is 494 g/mol. The summed E-state index contributed by atoms with van der Waals surface area (Å²) in [6.45, 7) is 1.71. The van der Waals surface area contributed by atoms with E-state index < -0.39 is 47.6 Å². The maximum Gasteiger partial charge on any atom is 0.491 e. The van der Waals surface area contributed by atoms with Gasteiger partial charge in [0.25, 0.3) is 0 Å². The lowest BCUT2D eigenvalue weighted by molar-refractivity contribution is -0.189. The van der Waals surface area contributed by atoms with E-state index in [1.165, 1.54) is 0 Å². The topological polar surface area (TPSA) is 76.1 Å². The van der Waals surface area contributed by atoms with Gasteiger partial charge in [-0.25, -0.2) is 9.18 Å². The van der Waals surface area contributed by atoms with Crippen molar-refractivity contribution in [2.45, 2.75) is 37.6 Å². The highest BCUT2D eigenvalue weighted by atomic mass is 35.5. The third-order valence-electron chi connectivity index (χ3n) is 6.54. The average Bonchev–Trinajstić information content (AvgIpc) is 3.16. The van der Waals surface area contributed by atoms with E-state index in [1.807, 2.05) is 29.2 Å². The predicted octanol–water partition coefficient (Wildman–Crippen LogP) is 4.71. The fraction of sp³-hybridized carbons (Fsp3) is 0.417. The lowest BCUT2D eigenvalue weighted by Crippen LogP contribution is -2.45. The first-order valence-electron chi connectivity index (χ1n) is 10.9. The van der Waals surface area contributed by atoms with Crippen LogP contribution in [0.2, 0.25) is 5.02 Å². The molecule has 2 aromatic rings. The van der Waals surface area contributed by atoms with E-state index in [9.17, 15) is 32.3 Å². The monoisotopic (exact) mass is 515 g/mol. The van der Waals surface area contributed by atoms with Crippen LogP contribution in [-0.4, -0.2) is 47.8 Å². The zero-order valence-electron chi connectivity index (χ0n) is 18.4. The number of carbonyl (C=O) groups is 2. The number of fused-ring (bicyclic) bond motifs is 2. The quantitative estimate of drug-likeness (QED) is 0.341. The molecule has 2 aliphatic rings. The molecule has 1 atom stereocenters. The molecule has 2 aromatic carbocycles. The zero-order chi connectivity index (χ0) is 25.4. The van der Waals surface area contributed by atoms with Gasteiger partial charge in [-0.05, 0) is 42.5 Å². The van der Waals surface area contributed by atoms with Crippen molar-refractivity contribution in [3.05, 3.63) is 63.9 Å². The van der Waals surface area contributed by atoms with Gasteiger partial charge in [-0.15, -0.1) is 0 Å². The average molecular weight is 516 g/mol. The summed E-state index contributed by atoms with van der Waals surface area (Å²) >= 11 is 6.02. The molecule has 1 N–H and O–H groups in total. The third-order valence-corrected chi connectivity index (χ3v) is 6.89. The number of rotatable bonds is 6. The molecule has 0 aliphatic carbocycles. The maximum atomic E-state index is 14.9. The fourth-order valence-corrected chi connectivity index (χ4v) is 4.91. The number of carboxylic acid groups (broad SMARTS) is 1. The van der Waals surface area contributed by atoms with Gasteiger partial charge in [0.1, 0.15) is 0 Å². The standard InChI is InChI=1S/C24H22ClF4NO5/c25-18-5-6-19(35-22(33)24(27,28)29)20(26)16(18)11-15(21(31)32)12-30-9-7-23(8-10-30)17-4-2-1-3-14(17)13-34-23/h1-6,15H,7-13H2,(H,31,32). The van der Waals surface area contributed by atoms with Crippen LogP contribution in [0, 0.1) is 11.7 Å². The number of halogens is 5. The van der Waals surface area contributed by atoms with Crippen LogP contribution in [0.3, 0.4) is 0 Å². The molecule has 1 fully saturated rings. The van der Waals surface area contributed by atoms with E-state index in [1.54, 1.807) is 0 Å². The molecule has 2 aliphatic heterocycles. The SMILES string of the molecule is O=C(O)C(Cc1c(Cl)ccc(OC(=O)C(F)(F)F)c1F)CN1CCC2(CC1)OCc1ccccc12. The van der Waals surface area contributed by atoms with Gasteiger partial charge in [0.05, 0.1) is 18.1 Å². The molecule has 0 radical (unpaired) electrons. The first kappa shape index (κ1) is 25.4. The first-order valence-corrected chi connectivity index (χ1v) is 11.3. The van der Waals surface area contributed by atoms with Crippen LogP contribution in [0.1, 0.15) is 29.5 Å². The van der Waals surface area contributed by atoms with Crippen LogP contribution in [0.25, 0.3) is 0 Å². The summed E-state index contributed by atoms with van der Waals surface area (Å²) in [7, 11) is 0. The van der Waals surface area contributed by atoms with E-state index in [0.717, 1.165) is 23.3 Å². The Labute approximate surface area is 203 Å². The van der Waals surface area contributed by atoms with E-state index in [4.69, 9.17) is 16.3 Å². The van der Waals surface area contributed by atoms with Gasteiger partial charge in [0.15, 0.2) is 11.6 Å². The van der Waals surface area contributed by atoms with Gasteiger partial charge in [-0.2, -0.15) is 13.2 Å². The molecule has 1 saturated heterocycles. The smallest absolute Gasteiger partial charge is 0.481 e. The molecule has 2 heterocycles. The van der Waals surface area contributed by atoms with Crippen molar-refractivity contribution < 1.29 is 41.7 Å². The Kier molecular flexibility index (Phi) is 7.08. The van der Waals surface area contributed by atoms with Crippen LogP contribution >= 0.6 is 11.6 Å². The number of likely N-dealkylation sites (tertiary alicyclic amines) is 1. The van der Waals surface area contributed by atoms with Crippen molar-refractivity contribution in [1.82, 2.24) is 4.90 Å². The van der Waals surface area contributed by atoms with E-state index in [0.29, 0.717) is 32.5 Å². The maximum absolute atomic E-state index is 14.9. The van der Waals surface area contributed by atoms with Gasteiger partial charge in [0, 0.05) is 30.2 Å². The molecule has 188 valence electrons. The minimum Gasteiger partial charge on any atom is -0.481 e. The summed E-state index contributed by atoms with van der Waals surface area (Å²) in [4.78, 5) is 25.0. The highest BCUT2D eigenvalue weighted by molar-refractivity contribution is 6.31. The number of benzene rings is 2. The number of carboxylic acids is 1. The molecule has 0 bridgehead atoms. The Morgan fingerprint density at radius 2 is 1.86 bits per heavy atom. The second kappa shape index (κ2) is 9.75. The summed E-state index contributed by atoms with van der Waals surface area (Å²) in [5.74, 6) is -7.15. The summed E-state index contributed by atoms with van der Waals surface area (Å²) in [5, 5.41) is 9.58. The lowest BCUT2D eigenvalue weighted by Gasteiger charge is -2.40. The minimum absolute atomic E-state index is 0.0788. The Morgan fingerprint density at radius 1 is 1.17 bits per heavy atom. The van der Waals surface area contributed by atoms with Crippen molar-refractivity contribution in [3.8, 4) is 5.75 Å². The number of esters is 1. The number of aliphatic carboxylic acids is 1. The van der Waals surface area contributed by atoms with E-state index >= 15 is 0 Å². The number of alkyl halides is 3. The van der Waals surface area contributed by atoms with Crippen LogP contribution < -0.4 is 4.74 Å². The number of hydrogen-bond donors (Lipinski definition) is 1. The highest BCUT2D eigenvalue weighted by Crippen LogP contribution is 2.44. The number of ether oxygens (including phenoxy) is 2. The van der Waals surface area contributed by atoms with Crippen molar-refractivity contribution >= 4 is 23.5 Å². The summed E-state index contributed by atoms with van der Waals surface area (Å²) in [5.41, 5.74) is 1.56. The van der Waals surface area contributed by atoms with Gasteiger partial charge in [0.2, 0.25) is 0 Å². The zero-order valence-corrected chi connectivity index (χ0v) is 19.2. The van der Waals surface area contributed by atoms with Gasteiger partial charge in [-0.3, -0.25) is 4.79 Å². The van der Waals surface area contributed by atoms with Crippen LogP contribution in [0.15, 0.2) is 36.4 Å². The van der Waals surface area contributed by atoms with Gasteiger partial charge < -0.3 is 19.5 Å². The molecule has 1 unspecified atom stereocenters. The molecule has 6 nitrogen and oxygen atoms in total. The molecule has 1 spiro atoms. The fourth-order valence-electron chi connectivity index (χ4n) is 4.68. The largest absolute Gasteiger partial charge is 0.491 e.